The molecule has 1 aliphatic rings. The van der Waals surface area contributed by atoms with Crippen LogP contribution in [-0.4, -0.2) is 45.7 Å². The van der Waals surface area contributed by atoms with Gasteiger partial charge >= 0.3 is 5.69 Å². The van der Waals surface area contributed by atoms with E-state index in [-0.39, 0.29) is 17.3 Å². The molecule has 1 aliphatic heterocycles. The highest BCUT2D eigenvalue weighted by molar-refractivity contribution is 5.70. The minimum Gasteiger partial charge on any atom is -0.391 e. The molecule has 2 N–H and O–H groups in total. The molecule has 1 unspecified atom stereocenters. The van der Waals surface area contributed by atoms with Gasteiger partial charge in [-0.05, 0) is 13.3 Å². The zero-order chi connectivity index (χ0) is 13.1. The molecule has 0 saturated carbocycles. The molecule has 0 spiro atoms. The van der Waals surface area contributed by atoms with Crippen LogP contribution >= 0.6 is 0 Å². The molecule has 0 aromatic carbocycles. The van der Waals surface area contributed by atoms with Gasteiger partial charge in [0.15, 0.2) is 0 Å². The Labute approximate surface area is 104 Å². The smallest absolute Gasteiger partial charge is 0.353 e. The molecule has 2 rings (SSSR count). The van der Waals surface area contributed by atoms with Crippen molar-refractivity contribution in [3.8, 4) is 0 Å². The van der Waals surface area contributed by atoms with Gasteiger partial charge in [-0.1, -0.05) is 0 Å². The van der Waals surface area contributed by atoms with Crippen LogP contribution in [0.3, 0.4) is 0 Å². The number of rotatable bonds is 4. The molecular formula is C10H15N5O3. The summed E-state index contributed by atoms with van der Waals surface area (Å²) in [5, 5.41) is 23.5. The van der Waals surface area contributed by atoms with Crippen LogP contribution in [0.25, 0.3) is 0 Å². The second-order valence-corrected chi connectivity index (χ2v) is 4.07. The SMILES string of the molecule is CCNc1ncnc(N2CCC(O)C2)c1[N+](=O)[O-]. The van der Waals surface area contributed by atoms with Crippen molar-refractivity contribution in [3.05, 3.63) is 16.4 Å². The van der Waals surface area contributed by atoms with Gasteiger partial charge in [0.1, 0.15) is 6.33 Å². The second kappa shape index (κ2) is 5.13. The maximum atomic E-state index is 11.2. The number of hydrogen-bond acceptors (Lipinski definition) is 7. The zero-order valence-corrected chi connectivity index (χ0v) is 10.0. The van der Waals surface area contributed by atoms with E-state index in [0.717, 1.165) is 0 Å². The van der Waals surface area contributed by atoms with Gasteiger partial charge in [-0.25, -0.2) is 9.97 Å². The van der Waals surface area contributed by atoms with Crippen LogP contribution in [0.1, 0.15) is 13.3 Å². The lowest BCUT2D eigenvalue weighted by atomic mass is 10.3. The summed E-state index contributed by atoms with van der Waals surface area (Å²) >= 11 is 0. The van der Waals surface area contributed by atoms with E-state index in [9.17, 15) is 15.2 Å². The highest BCUT2D eigenvalue weighted by Crippen LogP contribution is 2.33. The first-order chi connectivity index (χ1) is 8.63. The average Bonchev–Trinajstić information content (AvgIpc) is 2.75. The Morgan fingerprint density at radius 1 is 1.67 bits per heavy atom. The zero-order valence-electron chi connectivity index (χ0n) is 10.0. The normalized spacial score (nSPS) is 19.0. The van der Waals surface area contributed by atoms with Crippen molar-refractivity contribution in [1.82, 2.24) is 9.97 Å². The van der Waals surface area contributed by atoms with Gasteiger partial charge in [0.2, 0.25) is 11.6 Å². The Morgan fingerprint density at radius 3 is 3.00 bits per heavy atom. The van der Waals surface area contributed by atoms with Crippen molar-refractivity contribution < 1.29 is 10.0 Å². The monoisotopic (exact) mass is 253 g/mol. The summed E-state index contributed by atoms with van der Waals surface area (Å²) in [6.07, 6.45) is 1.44. The molecule has 0 aliphatic carbocycles. The molecule has 0 amide bonds. The molecule has 0 bridgehead atoms. The molecule has 1 aromatic rings. The van der Waals surface area contributed by atoms with Gasteiger partial charge in [-0.3, -0.25) is 10.1 Å². The Bertz CT molecular complexity index is 453. The molecule has 1 saturated heterocycles. The number of aromatic nitrogens is 2. The maximum Gasteiger partial charge on any atom is 0.353 e. The number of hydrogen-bond donors (Lipinski definition) is 2. The number of anilines is 2. The molecule has 0 radical (unpaired) electrons. The van der Waals surface area contributed by atoms with Crippen molar-refractivity contribution in [1.29, 1.82) is 0 Å². The molecule has 1 aromatic heterocycles. The van der Waals surface area contributed by atoms with E-state index in [4.69, 9.17) is 0 Å². The topological polar surface area (TPSA) is 104 Å². The molecule has 1 fully saturated rings. The van der Waals surface area contributed by atoms with Crippen molar-refractivity contribution in [3.63, 3.8) is 0 Å². The Hall–Kier alpha value is -1.96. The molecule has 98 valence electrons. The highest BCUT2D eigenvalue weighted by atomic mass is 16.6. The number of nitrogens with zero attached hydrogens (tertiary/aromatic N) is 4. The third-order valence-corrected chi connectivity index (χ3v) is 2.79. The van der Waals surface area contributed by atoms with E-state index in [1.807, 2.05) is 6.92 Å². The van der Waals surface area contributed by atoms with E-state index in [1.54, 1.807) is 4.90 Å². The summed E-state index contributed by atoms with van der Waals surface area (Å²) < 4.78 is 0. The Kier molecular flexibility index (Phi) is 3.56. The fourth-order valence-corrected chi connectivity index (χ4v) is 2.00. The molecule has 1 atom stereocenters. The first kappa shape index (κ1) is 12.5. The number of aliphatic hydroxyl groups excluding tert-OH is 1. The summed E-state index contributed by atoms with van der Waals surface area (Å²) in [4.78, 5) is 20.2. The van der Waals surface area contributed by atoms with Gasteiger partial charge < -0.3 is 15.3 Å². The van der Waals surface area contributed by atoms with E-state index < -0.39 is 11.0 Å². The van der Waals surface area contributed by atoms with Gasteiger partial charge in [0, 0.05) is 19.6 Å². The Balaban J connectivity index is 2.39. The predicted octanol–water partition coefficient (Wildman–Crippen LogP) is 0.388. The quantitative estimate of drug-likeness (QED) is 0.590. The van der Waals surface area contributed by atoms with Crippen LogP contribution < -0.4 is 10.2 Å². The molecule has 8 heteroatoms. The summed E-state index contributed by atoms with van der Waals surface area (Å²) in [6.45, 7) is 3.30. The van der Waals surface area contributed by atoms with Gasteiger partial charge in [0.25, 0.3) is 0 Å². The van der Waals surface area contributed by atoms with Gasteiger partial charge in [0.05, 0.1) is 11.0 Å². The summed E-state index contributed by atoms with van der Waals surface area (Å²) in [5.41, 5.74) is -0.131. The number of aliphatic hydroxyl groups is 1. The van der Waals surface area contributed by atoms with E-state index in [1.165, 1.54) is 6.33 Å². The van der Waals surface area contributed by atoms with E-state index in [0.29, 0.717) is 26.1 Å². The Morgan fingerprint density at radius 2 is 2.44 bits per heavy atom. The van der Waals surface area contributed by atoms with Crippen LogP contribution in [0, 0.1) is 10.1 Å². The lowest BCUT2D eigenvalue weighted by molar-refractivity contribution is -0.383. The first-order valence-electron chi connectivity index (χ1n) is 5.79. The van der Waals surface area contributed by atoms with Crippen LogP contribution in [0.2, 0.25) is 0 Å². The second-order valence-electron chi connectivity index (χ2n) is 4.07. The third kappa shape index (κ3) is 2.33. The minimum absolute atomic E-state index is 0.131. The third-order valence-electron chi connectivity index (χ3n) is 2.79. The van der Waals surface area contributed by atoms with E-state index >= 15 is 0 Å². The predicted molar refractivity (Wildman–Crippen MR) is 65.7 cm³/mol. The molecular weight excluding hydrogens is 238 g/mol. The van der Waals surface area contributed by atoms with E-state index in [2.05, 4.69) is 15.3 Å². The van der Waals surface area contributed by atoms with Crippen molar-refractivity contribution >= 4 is 17.3 Å². The lowest BCUT2D eigenvalue weighted by Crippen LogP contribution is -2.24. The van der Waals surface area contributed by atoms with Crippen LogP contribution in [0.4, 0.5) is 17.3 Å². The summed E-state index contributed by atoms with van der Waals surface area (Å²) in [5.74, 6) is 0.483. The van der Waals surface area contributed by atoms with Crippen LogP contribution in [0.5, 0.6) is 0 Å². The van der Waals surface area contributed by atoms with Gasteiger partial charge in [-0.2, -0.15) is 0 Å². The fourth-order valence-electron chi connectivity index (χ4n) is 2.00. The first-order valence-corrected chi connectivity index (χ1v) is 5.79. The van der Waals surface area contributed by atoms with Crippen molar-refractivity contribution in [2.75, 3.05) is 29.9 Å². The molecule has 2 heterocycles. The number of nitro groups is 1. The van der Waals surface area contributed by atoms with Crippen LogP contribution in [0.15, 0.2) is 6.33 Å². The standard InChI is InChI=1S/C10H15N5O3/c1-2-11-9-8(15(17)18)10(13-6-12-9)14-4-3-7(16)5-14/h6-7,16H,2-5H2,1H3,(H,11,12,13). The van der Waals surface area contributed by atoms with Crippen LogP contribution in [-0.2, 0) is 0 Å². The highest BCUT2D eigenvalue weighted by Gasteiger charge is 2.30. The molecule has 18 heavy (non-hydrogen) atoms. The number of β-amino-alcohol motifs (C(OH)–C–C–N with tert-alkyl or cyclic N) is 1. The molecule has 8 nitrogen and oxygen atoms in total. The fraction of sp³-hybridized carbons (Fsp3) is 0.600. The lowest BCUT2D eigenvalue weighted by Gasteiger charge is -2.17. The minimum atomic E-state index is -0.488. The maximum absolute atomic E-state index is 11.2. The summed E-state index contributed by atoms with van der Waals surface area (Å²) in [7, 11) is 0. The van der Waals surface area contributed by atoms with Gasteiger partial charge in [-0.15, -0.1) is 0 Å². The summed E-state index contributed by atoms with van der Waals surface area (Å²) in [6, 6.07) is 0. The van der Waals surface area contributed by atoms with Crippen molar-refractivity contribution in [2.24, 2.45) is 0 Å². The largest absolute Gasteiger partial charge is 0.391 e. The number of nitrogens with one attached hydrogen (secondary N) is 1. The van der Waals surface area contributed by atoms with Crippen molar-refractivity contribution in [2.45, 2.75) is 19.4 Å². The average molecular weight is 253 g/mol.